The molecule has 0 radical (unpaired) electrons. The van der Waals surface area contributed by atoms with E-state index in [4.69, 9.17) is 9.31 Å². The summed E-state index contributed by atoms with van der Waals surface area (Å²) < 4.78 is 13.5. The predicted octanol–water partition coefficient (Wildman–Crippen LogP) is 1.85. The number of pyridine rings is 1. The van der Waals surface area contributed by atoms with Gasteiger partial charge >= 0.3 is 12.9 Å². The number of aryl methyl sites for hydroxylation is 1. The Morgan fingerprint density at radius 2 is 1.86 bits per heavy atom. The Balaban J connectivity index is 2.15. The predicted molar refractivity (Wildman–Crippen MR) is 82.3 cm³/mol. The molecule has 2 aromatic rings. The van der Waals surface area contributed by atoms with Crippen LogP contribution in [0.1, 0.15) is 33.3 Å². The van der Waals surface area contributed by atoms with Gasteiger partial charge in [0, 0.05) is 0 Å². The molecule has 3 heterocycles. The van der Waals surface area contributed by atoms with Crippen LogP contribution in [0.15, 0.2) is 18.5 Å². The molecule has 3 rings (SSSR count). The summed E-state index contributed by atoms with van der Waals surface area (Å²) in [6, 6.07) is 1.90. The lowest BCUT2D eigenvalue weighted by Gasteiger charge is -2.32. The summed E-state index contributed by atoms with van der Waals surface area (Å²) in [5.74, 6) is -0.0727. The number of fused-ring (bicyclic) bond motifs is 1. The molecule has 1 aliphatic heterocycles. The minimum absolute atomic E-state index is 0.0727. The zero-order valence-electron chi connectivity index (χ0n) is 13.3. The summed E-state index contributed by atoms with van der Waals surface area (Å²) in [7, 11) is -0.602. The smallest absolute Gasteiger partial charge is 0.399 e. The van der Waals surface area contributed by atoms with Gasteiger partial charge in [0.05, 0.1) is 16.7 Å². The van der Waals surface area contributed by atoms with Crippen LogP contribution < -0.4 is 5.46 Å². The summed E-state index contributed by atoms with van der Waals surface area (Å²) in [5.41, 5.74) is 1.11. The van der Waals surface area contributed by atoms with Crippen LogP contribution in [0.3, 0.4) is 0 Å². The van der Waals surface area contributed by atoms with E-state index in [9.17, 15) is 10.1 Å². The Kier molecular flexibility index (Phi) is 3.09. The van der Waals surface area contributed by atoms with Crippen LogP contribution in [-0.4, -0.2) is 32.6 Å². The zero-order chi connectivity index (χ0) is 16.3. The van der Waals surface area contributed by atoms with Crippen molar-refractivity contribution in [3.63, 3.8) is 0 Å². The lowest BCUT2D eigenvalue weighted by atomic mass is 9.79. The van der Waals surface area contributed by atoms with Crippen LogP contribution in [-0.2, 0) is 9.31 Å². The molecule has 22 heavy (non-hydrogen) atoms. The average Bonchev–Trinajstić information content (AvgIpc) is 2.87. The average molecular weight is 303 g/mol. The highest BCUT2D eigenvalue weighted by Crippen LogP contribution is 2.36. The summed E-state index contributed by atoms with van der Waals surface area (Å²) in [4.78, 5) is 14.8. The Morgan fingerprint density at radius 1 is 1.27 bits per heavy atom. The highest BCUT2D eigenvalue weighted by molar-refractivity contribution is 6.64. The molecular formula is C14H18BN3O4. The summed E-state index contributed by atoms with van der Waals surface area (Å²) in [6.45, 7) is 9.74. The van der Waals surface area contributed by atoms with Crippen LogP contribution in [0, 0.1) is 17.0 Å². The maximum atomic E-state index is 11.1. The molecule has 0 aliphatic carbocycles. The second-order valence-corrected chi connectivity index (χ2v) is 6.63. The fraction of sp³-hybridized carbons (Fsp3) is 0.500. The van der Waals surface area contributed by atoms with Crippen molar-refractivity contribution in [3.8, 4) is 0 Å². The van der Waals surface area contributed by atoms with E-state index < -0.39 is 23.2 Å². The first-order chi connectivity index (χ1) is 10.1. The van der Waals surface area contributed by atoms with E-state index >= 15 is 0 Å². The van der Waals surface area contributed by atoms with Crippen molar-refractivity contribution in [2.75, 3.05) is 0 Å². The van der Waals surface area contributed by atoms with Crippen LogP contribution >= 0.6 is 0 Å². The second-order valence-electron chi connectivity index (χ2n) is 6.63. The van der Waals surface area contributed by atoms with E-state index in [0.29, 0.717) is 11.1 Å². The van der Waals surface area contributed by atoms with E-state index in [1.54, 1.807) is 6.20 Å². The second kappa shape index (κ2) is 4.53. The maximum absolute atomic E-state index is 11.1. The minimum atomic E-state index is -0.602. The minimum Gasteiger partial charge on any atom is -0.399 e. The quantitative estimate of drug-likeness (QED) is 0.480. The van der Waals surface area contributed by atoms with Gasteiger partial charge in [0.15, 0.2) is 0 Å². The molecular weight excluding hydrogens is 285 g/mol. The first kappa shape index (κ1) is 15.0. The maximum Gasteiger partial charge on any atom is 0.501 e. The van der Waals surface area contributed by atoms with Crippen LogP contribution in [0.5, 0.6) is 0 Å². The lowest BCUT2D eigenvalue weighted by molar-refractivity contribution is -0.390. The Hall–Kier alpha value is -1.93. The fourth-order valence-electron chi connectivity index (χ4n) is 2.52. The number of hydrogen-bond acceptors (Lipinski definition) is 5. The molecule has 7 nitrogen and oxygen atoms in total. The molecule has 1 saturated heterocycles. The molecule has 0 amide bonds. The highest BCUT2D eigenvalue weighted by Gasteiger charge is 2.52. The normalized spacial score (nSPS) is 19.8. The topological polar surface area (TPSA) is 78.9 Å². The largest absolute Gasteiger partial charge is 0.501 e. The van der Waals surface area contributed by atoms with Gasteiger partial charge in [0.2, 0.25) is 5.65 Å². The van der Waals surface area contributed by atoms with Crippen LogP contribution in [0.2, 0.25) is 0 Å². The van der Waals surface area contributed by atoms with E-state index in [1.165, 1.54) is 10.6 Å². The molecule has 0 saturated carbocycles. The Labute approximate surface area is 128 Å². The number of aromatic nitrogens is 2. The van der Waals surface area contributed by atoms with Crippen molar-refractivity contribution >= 4 is 24.0 Å². The third-order valence-electron chi connectivity index (χ3n) is 4.45. The van der Waals surface area contributed by atoms with Crippen LogP contribution in [0.25, 0.3) is 5.65 Å². The number of nitrogens with zero attached hydrogens (tertiary/aromatic N) is 3. The first-order valence-corrected chi connectivity index (χ1v) is 7.10. The van der Waals surface area contributed by atoms with E-state index in [2.05, 4.69) is 4.98 Å². The third kappa shape index (κ3) is 2.10. The number of hydrogen-bond donors (Lipinski definition) is 0. The molecule has 116 valence electrons. The molecule has 0 spiro atoms. The van der Waals surface area contributed by atoms with E-state index in [-0.39, 0.29) is 5.82 Å². The number of nitro groups is 1. The Morgan fingerprint density at radius 3 is 2.41 bits per heavy atom. The molecule has 0 atom stereocenters. The molecule has 0 bridgehead atoms. The molecule has 8 heteroatoms. The SMILES string of the molecule is Cc1cc(B2OC(C)(C)C(C)(C)O2)c2ncc([N+](=O)[O-])n2c1. The van der Waals surface area contributed by atoms with Gasteiger partial charge in [-0.2, -0.15) is 4.40 Å². The zero-order valence-corrected chi connectivity index (χ0v) is 13.3. The monoisotopic (exact) mass is 303 g/mol. The summed E-state index contributed by atoms with van der Waals surface area (Å²) >= 11 is 0. The fourth-order valence-corrected chi connectivity index (χ4v) is 2.52. The molecule has 1 aliphatic rings. The summed E-state index contributed by atoms with van der Waals surface area (Å²) in [5, 5.41) is 11.1. The van der Waals surface area contributed by atoms with Gasteiger partial charge in [-0.3, -0.25) is 0 Å². The van der Waals surface area contributed by atoms with Gasteiger partial charge in [0.1, 0.15) is 12.4 Å². The van der Waals surface area contributed by atoms with Crippen LogP contribution in [0.4, 0.5) is 5.82 Å². The van der Waals surface area contributed by atoms with E-state index in [1.807, 2.05) is 40.7 Å². The first-order valence-electron chi connectivity index (χ1n) is 7.10. The number of imidazole rings is 1. The Bertz CT molecular complexity index is 753. The van der Waals surface area contributed by atoms with Gasteiger partial charge in [-0.1, -0.05) is 0 Å². The van der Waals surface area contributed by atoms with Crippen molar-refractivity contribution in [3.05, 3.63) is 34.1 Å². The van der Waals surface area contributed by atoms with Gasteiger partial charge in [-0.15, -0.1) is 0 Å². The molecule has 0 aromatic carbocycles. The third-order valence-corrected chi connectivity index (χ3v) is 4.45. The summed E-state index contributed by atoms with van der Waals surface area (Å²) in [6.07, 6.45) is 2.94. The van der Waals surface area contributed by atoms with Gasteiger partial charge < -0.3 is 19.4 Å². The van der Waals surface area contributed by atoms with Crippen molar-refractivity contribution in [1.82, 2.24) is 9.38 Å². The van der Waals surface area contributed by atoms with Crippen molar-refractivity contribution < 1.29 is 14.2 Å². The molecule has 2 aromatic heterocycles. The standard InChI is InChI=1S/C14H18BN3O4/c1-9-6-10(15-21-13(2,3)14(4,5)22-15)12-16-7-11(18(19)20)17(12)8-9/h6-8H,1-5H3. The molecule has 0 N–H and O–H groups in total. The van der Waals surface area contributed by atoms with Crippen molar-refractivity contribution in [2.45, 2.75) is 45.8 Å². The molecule has 1 fully saturated rings. The van der Waals surface area contributed by atoms with E-state index in [0.717, 1.165) is 5.56 Å². The highest BCUT2D eigenvalue weighted by atomic mass is 16.7. The molecule has 0 unspecified atom stereocenters. The lowest BCUT2D eigenvalue weighted by Crippen LogP contribution is -2.41. The van der Waals surface area contributed by atoms with Gasteiger partial charge in [-0.25, -0.2) is 4.98 Å². The van der Waals surface area contributed by atoms with Gasteiger partial charge in [0.25, 0.3) is 0 Å². The number of rotatable bonds is 2. The van der Waals surface area contributed by atoms with Crippen molar-refractivity contribution in [1.29, 1.82) is 0 Å². The van der Waals surface area contributed by atoms with Crippen molar-refractivity contribution in [2.24, 2.45) is 0 Å². The van der Waals surface area contributed by atoms with Gasteiger partial charge in [-0.05, 0) is 51.2 Å².